The second-order valence-corrected chi connectivity index (χ2v) is 10.7. The number of aliphatic hydroxyl groups excluding tert-OH is 1. The zero-order chi connectivity index (χ0) is 19.7. The van der Waals surface area contributed by atoms with Gasteiger partial charge in [-0.25, -0.2) is 0 Å². The fraction of sp³-hybridized carbons (Fsp3) is 0.750. The van der Waals surface area contributed by atoms with Crippen molar-refractivity contribution in [3.63, 3.8) is 0 Å². The molecule has 1 heterocycles. The Bertz CT molecular complexity index is 826. The lowest BCUT2D eigenvalue weighted by Crippen LogP contribution is -2.54. The standard InChI is InChI=1S/C24H34N2O2/c1-23-9-8-20-18(19(23)6-7-22(23)28)5-4-17-11-21(27)16(12-24(17,20)2)10-15-13-25-26(3)14-15/h10,13-14,17-20,22,28H,4-9,11-12H2,1-3H3/b16-10+/t17-,18+,19+,20+,22-,23-,24-/m0/s1. The highest BCUT2D eigenvalue weighted by Gasteiger charge is 2.60. The number of aromatic nitrogens is 2. The van der Waals surface area contributed by atoms with Crippen LogP contribution in [0, 0.1) is 34.5 Å². The molecule has 0 saturated heterocycles. The van der Waals surface area contributed by atoms with Crippen molar-refractivity contribution in [1.82, 2.24) is 9.78 Å². The molecule has 1 N–H and O–H groups in total. The normalized spacial score (nSPS) is 46.9. The third-order valence-corrected chi connectivity index (χ3v) is 9.44. The summed E-state index contributed by atoms with van der Waals surface area (Å²) in [4.78, 5) is 12.9. The van der Waals surface area contributed by atoms with Gasteiger partial charge in [-0.1, -0.05) is 13.8 Å². The van der Waals surface area contributed by atoms with Crippen LogP contribution in [0.1, 0.15) is 70.8 Å². The van der Waals surface area contributed by atoms with E-state index in [-0.39, 0.29) is 16.9 Å². The Hall–Kier alpha value is -1.42. The van der Waals surface area contributed by atoms with Gasteiger partial charge in [0.15, 0.2) is 5.78 Å². The molecule has 4 heteroatoms. The lowest BCUT2D eigenvalue weighted by Gasteiger charge is -2.60. The molecule has 5 rings (SSSR count). The topological polar surface area (TPSA) is 55.1 Å². The Kier molecular flexibility index (Phi) is 4.18. The summed E-state index contributed by atoms with van der Waals surface area (Å²) in [5, 5.41) is 14.9. The van der Waals surface area contributed by atoms with Crippen molar-refractivity contribution in [3.05, 3.63) is 23.5 Å². The van der Waals surface area contributed by atoms with E-state index in [1.807, 2.05) is 19.4 Å². The van der Waals surface area contributed by atoms with Crippen molar-refractivity contribution >= 4 is 11.9 Å². The molecule has 0 radical (unpaired) electrons. The number of fused-ring (bicyclic) bond motifs is 5. The van der Waals surface area contributed by atoms with Crippen LogP contribution in [0.3, 0.4) is 0 Å². The highest BCUT2D eigenvalue weighted by molar-refractivity contribution is 6.00. The van der Waals surface area contributed by atoms with Crippen LogP contribution in [0.25, 0.3) is 6.08 Å². The molecule has 7 atom stereocenters. The Morgan fingerprint density at radius 1 is 1.14 bits per heavy atom. The van der Waals surface area contributed by atoms with E-state index in [9.17, 15) is 9.90 Å². The minimum absolute atomic E-state index is 0.113. The third-order valence-electron chi connectivity index (χ3n) is 9.44. The number of Topliss-reactive ketones (excluding diaryl/α,β-unsaturated/α-hetero) is 1. The van der Waals surface area contributed by atoms with Crippen molar-refractivity contribution in [1.29, 1.82) is 0 Å². The summed E-state index contributed by atoms with van der Waals surface area (Å²) in [6, 6.07) is 0. The third kappa shape index (κ3) is 2.59. The summed E-state index contributed by atoms with van der Waals surface area (Å²) < 4.78 is 1.80. The maximum absolute atomic E-state index is 12.9. The molecule has 1 aromatic heterocycles. The largest absolute Gasteiger partial charge is 0.393 e. The van der Waals surface area contributed by atoms with Gasteiger partial charge in [-0.15, -0.1) is 0 Å². The van der Waals surface area contributed by atoms with Crippen LogP contribution in [0.5, 0.6) is 0 Å². The van der Waals surface area contributed by atoms with Crippen LogP contribution in [0.2, 0.25) is 0 Å². The predicted molar refractivity (Wildman–Crippen MR) is 109 cm³/mol. The highest BCUT2D eigenvalue weighted by Crippen LogP contribution is 2.66. The van der Waals surface area contributed by atoms with Crippen LogP contribution in [-0.4, -0.2) is 26.8 Å². The molecule has 1 aromatic rings. The average molecular weight is 383 g/mol. The Labute approximate surface area is 168 Å². The molecule has 4 aliphatic carbocycles. The van der Waals surface area contributed by atoms with Crippen molar-refractivity contribution in [2.75, 3.05) is 0 Å². The first-order valence-corrected chi connectivity index (χ1v) is 11.2. The van der Waals surface area contributed by atoms with E-state index >= 15 is 0 Å². The summed E-state index contributed by atoms with van der Waals surface area (Å²) in [6.07, 6.45) is 14.4. The summed E-state index contributed by atoms with van der Waals surface area (Å²) in [6.45, 7) is 4.82. The van der Waals surface area contributed by atoms with Gasteiger partial charge < -0.3 is 5.11 Å². The fourth-order valence-corrected chi connectivity index (χ4v) is 7.83. The number of aryl methyl sites for hydroxylation is 1. The van der Waals surface area contributed by atoms with Gasteiger partial charge in [0.1, 0.15) is 0 Å². The van der Waals surface area contributed by atoms with E-state index < -0.39 is 0 Å². The maximum atomic E-state index is 12.9. The van der Waals surface area contributed by atoms with E-state index in [1.165, 1.54) is 25.7 Å². The lowest BCUT2D eigenvalue weighted by molar-refractivity contribution is -0.134. The zero-order valence-electron chi connectivity index (χ0n) is 17.5. The smallest absolute Gasteiger partial charge is 0.159 e. The van der Waals surface area contributed by atoms with Gasteiger partial charge in [0.05, 0.1) is 12.3 Å². The highest BCUT2D eigenvalue weighted by atomic mass is 16.3. The van der Waals surface area contributed by atoms with E-state index in [0.717, 1.165) is 42.7 Å². The van der Waals surface area contributed by atoms with Gasteiger partial charge in [-0.2, -0.15) is 5.10 Å². The number of carbonyl (C=O) groups is 1. The Balaban J connectivity index is 1.46. The molecule has 0 unspecified atom stereocenters. The number of aliphatic hydroxyl groups is 1. The molecule has 4 saturated carbocycles. The van der Waals surface area contributed by atoms with Crippen molar-refractivity contribution < 1.29 is 9.90 Å². The molecular weight excluding hydrogens is 348 g/mol. The SMILES string of the molecule is Cn1cc(/C=C2\C[C@@]3(C)[C@@H](CC[C@H]4[C@H]3CC[C@@]3(C)[C@@H]4CC[C@@H]3O)CC2=O)cn1. The summed E-state index contributed by atoms with van der Waals surface area (Å²) in [5.41, 5.74) is 2.39. The summed E-state index contributed by atoms with van der Waals surface area (Å²) in [5.74, 6) is 2.97. The second kappa shape index (κ2) is 6.29. The first-order chi connectivity index (χ1) is 13.3. The van der Waals surface area contributed by atoms with Crippen LogP contribution in [0.15, 0.2) is 18.0 Å². The molecule has 152 valence electrons. The number of ketones is 1. The molecule has 4 fully saturated rings. The predicted octanol–water partition coefficient (Wildman–Crippen LogP) is 4.39. The average Bonchev–Trinajstić information content (AvgIpc) is 3.19. The van der Waals surface area contributed by atoms with Crippen molar-refractivity contribution in [2.45, 2.75) is 71.3 Å². The molecule has 28 heavy (non-hydrogen) atoms. The number of hydrogen-bond donors (Lipinski definition) is 1. The molecule has 0 aromatic carbocycles. The molecule has 0 amide bonds. The molecule has 4 aliphatic rings. The number of rotatable bonds is 1. The van der Waals surface area contributed by atoms with Gasteiger partial charge in [-0.3, -0.25) is 9.48 Å². The van der Waals surface area contributed by atoms with Gasteiger partial charge in [0.2, 0.25) is 0 Å². The zero-order valence-corrected chi connectivity index (χ0v) is 17.5. The van der Waals surface area contributed by atoms with Gasteiger partial charge in [0.25, 0.3) is 0 Å². The number of nitrogens with zero attached hydrogens (tertiary/aromatic N) is 2. The van der Waals surface area contributed by atoms with Crippen LogP contribution >= 0.6 is 0 Å². The van der Waals surface area contributed by atoms with Gasteiger partial charge in [-0.05, 0) is 91.1 Å². The minimum Gasteiger partial charge on any atom is -0.393 e. The summed E-state index contributed by atoms with van der Waals surface area (Å²) in [7, 11) is 1.92. The van der Waals surface area contributed by atoms with E-state index in [0.29, 0.717) is 23.5 Å². The first-order valence-electron chi connectivity index (χ1n) is 11.2. The van der Waals surface area contributed by atoms with Crippen molar-refractivity contribution in [3.8, 4) is 0 Å². The second-order valence-electron chi connectivity index (χ2n) is 10.7. The van der Waals surface area contributed by atoms with Crippen LogP contribution in [0.4, 0.5) is 0 Å². The fourth-order valence-electron chi connectivity index (χ4n) is 7.83. The van der Waals surface area contributed by atoms with Crippen molar-refractivity contribution in [2.24, 2.45) is 41.5 Å². The molecule has 0 spiro atoms. The molecular formula is C24H34N2O2. The lowest BCUT2D eigenvalue weighted by atomic mass is 9.45. The molecule has 0 bridgehead atoms. The molecule has 4 nitrogen and oxygen atoms in total. The Morgan fingerprint density at radius 3 is 2.68 bits per heavy atom. The van der Waals surface area contributed by atoms with E-state index in [2.05, 4.69) is 25.0 Å². The quantitative estimate of drug-likeness (QED) is 0.733. The number of carbonyl (C=O) groups excluding carboxylic acids is 1. The minimum atomic E-state index is -0.113. The maximum Gasteiger partial charge on any atom is 0.159 e. The Morgan fingerprint density at radius 2 is 1.93 bits per heavy atom. The number of allylic oxidation sites excluding steroid dienone is 1. The molecule has 0 aliphatic heterocycles. The van der Waals surface area contributed by atoms with E-state index in [1.54, 1.807) is 4.68 Å². The van der Waals surface area contributed by atoms with E-state index in [4.69, 9.17) is 0 Å². The number of hydrogen-bond acceptors (Lipinski definition) is 3. The monoisotopic (exact) mass is 382 g/mol. The summed E-state index contributed by atoms with van der Waals surface area (Å²) >= 11 is 0. The van der Waals surface area contributed by atoms with Crippen LogP contribution in [-0.2, 0) is 11.8 Å². The first kappa shape index (κ1) is 18.6. The van der Waals surface area contributed by atoms with Crippen LogP contribution < -0.4 is 0 Å². The van der Waals surface area contributed by atoms with Gasteiger partial charge in [0, 0.05) is 25.2 Å². The van der Waals surface area contributed by atoms with Gasteiger partial charge >= 0.3 is 0 Å².